The van der Waals surface area contributed by atoms with Gasteiger partial charge in [0.05, 0.1) is 26.4 Å². The van der Waals surface area contributed by atoms with Crippen LogP contribution in [0.25, 0.3) is 0 Å². The predicted octanol–water partition coefficient (Wildman–Crippen LogP) is 2.84. The number of ether oxygens (including phenoxy) is 2. The highest BCUT2D eigenvalue weighted by Crippen LogP contribution is 2.19. The van der Waals surface area contributed by atoms with Crippen LogP contribution in [0, 0.1) is 0 Å². The molecule has 98 valence electrons. The Morgan fingerprint density at radius 2 is 1.94 bits per heavy atom. The summed E-state index contributed by atoms with van der Waals surface area (Å²) >= 11 is 0. The number of allylic oxidation sites excluding steroid dienone is 1. The topological polar surface area (TPSA) is 44.8 Å². The van der Waals surface area contributed by atoms with E-state index >= 15 is 0 Å². The summed E-state index contributed by atoms with van der Waals surface area (Å²) in [6.45, 7) is 12.1. The molecule has 0 saturated heterocycles. The monoisotopic (exact) mass is 258 g/mol. The van der Waals surface area contributed by atoms with Crippen molar-refractivity contribution in [1.29, 1.82) is 0 Å². The van der Waals surface area contributed by atoms with Crippen LogP contribution in [0.15, 0.2) is 24.2 Å². The first-order chi connectivity index (χ1) is 7.80. The second kappa shape index (κ2) is 7.16. The molecule has 17 heavy (non-hydrogen) atoms. The first kappa shape index (κ1) is 15.8. The SMILES string of the molecule is C=C(O[Si](C)(C)C)C(=COC)CC(=O)OCC. The van der Waals surface area contributed by atoms with Gasteiger partial charge in [0.1, 0.15) is 5.76 Å². The van der Waals surface area contributed by atoms with Crippen molar-refractivity contribution in [2.24, 2.45) is 0 Å². The van der Waals surface area contributed by atoms with Crippen molar-refractivity contribution >= 4 is 14.3 Å². The van der Waals surface area contributed by atoms with E-state index in [9.17, 15) is 4.79 Å². The van der Waals surface area contributed by atoms with Gasteiger partial charge in [0, 0.05) is 5.57 Å². The standard InChI is InChI=1S/C12H22O4Si/c1-7-15-12(13)8-11(9-14-3)10(2)16-17(4,5)6/h9H,2,7-8H2,1,3-6H3. The lowest BCUT2D eigenvalue weighted by Crippen LogP contribution is -2.25. The van der Waals surface area contributed by atoms with Crippen LogP contribution in [-0.4, -0.2) is 28.0 Å². The zero-order chi connectivity index (χ0) is 13.5. The number of carbonyl (C=O) groups excluding carboxylic acids is 1. The third kappa shape index (κ3) is 7.62. The normalized spacial score (nSPS) is 11.9. The lowest BCUT2D eigenvalue weighted by atomic mass is 10.2. The van der Waals surface area contributed by atoms with E-state index in [1.54, 1.807) is 6.92 Å². The molecule has 0 bridgehead atoms. The molecule has 0 heterocycles. The minimum Gasteiger partial charge on any atom is -0.544 e. The second-order valence-electron chi connectivity index (χ2n) is 4.50. The van der Waals surface area contributed by atoms with Gasteiger partial charge in [-0.25, -0.2) is 0 Å². The van der Waals surface area contributed by atoms with Gasteiger partial charge in [-0.15, -0.1) is 0 Å². The number of carbonyl (C=O) groups is 1. The molecule has 0 radical (unpaired) electrons. The highest BCUT2D eigenvalue weighted by molar-refractivity contribution is 6.70. The highest BCUT2D eigenvalue weighted by Gasteiger charge is 2.20. The number of hydrogen-bond donors (Lipinski definition) is 0. The lowest BCUT2D eigenvalue weighted by Gasteiger charge is -2.22. The Labute approximate surface area is 104 Å². The Morgan fingerprint density at radius 1 is 1.35 bits per heavy atom. The second-order valence-corrected chi connectivity index (χ2v) is 8.93. The molecule has 5 heteroatoms. The van der Waals surface area contributed by atoms with E-state index in [-0.39, 0.29) is 12.4 Å². The molecule has 0 spiro atoms. The van der Waals surface area contributed by atoms with Gasteiger partial charge in [0.15, 0.2) is 0 Å². The summed E-state index contributed by atoms with van der Waals surface area (Å²) in [6.07, 6.45) is 1.59. The number of hydrogen-bond acceptors (Lipinski definition) is 4. The molecule has 0 aliphatic carbocycles. The summed E-state index contributed by atoms with van der Waals surface area (Å²) in [5.41, 5.74) is 0.619. The van der Waals surface area contributed by atoms with Gasteiger partial charge < -0.3 is 13.9 Å². The van der Waals surface area contributed by atoms with Gasteiger partial charge >= 0.3 is 5.97 Å². The predicted molar refractivity (Wildman–Crippen MR) is 69.9 cm³/mol. The van der Waals surface area contributed by atoms with Crippen LogP contribution >= 0.6 is 0 Å². The van der Waals surface area contributed by atoms with Crippen molar-refractivity contribution in [3.8, 4) is 0 Å². The summed E-state index contributed by atoms with van der Waals surface area (Å²) in [5, 5.41) is 0. The molecule has 0 N–H and O–H groups in total. The molecule has 0 aromatic carbocycles. The Bertz CT molecular complexity index is 302. The van der Waals surface area contributed by atoms with Crippen molar-refractivity contribution in [3.05, 3.63) is 24.2 Å². The smallest absolute Gasteiger partial charge is 0.310 e. The molecular formula is C12H22O4Si. The van der Waals surface area contributed by atoms with E-state index < -0.39 is 8.32 Å². The summed E-state index contributed by atoms with van der Waals surface area (Å²) < 4.78 is 15.5. The molecule has 0 rings (SSSR count). The Kier molecular flexibility index (Phi) is 6.64. The Morgan fingerprint density at radius 3 is 2.35 bits per heavy atom. The minimum atomic E-state index is -1.73. The maximum Gasteiger partial charge on any atom is 0.310 e. The van der Waals surface area contributed by atoms with E-state index in [0.29, 0.717) is 17.9 Å². The molecule has 0 atom stereocenters. The molecule has 0 fully saturated rings. The molecule has 0 aliphatic heterocycles. The summed E-state index contributed by atoms with van der Waals surface area (Å²) in [6, 6.07) is 0. The van der Waals surface area contributed by atoms with Crippen LogP contribution in [-0.2, 0) is 18.7 Å². The zero-order valence-corrected chi connectivity index (χ0v) is 12.3. The summed E-state index contributed by atoms with van der Waals surface area (Å²) in [4.78, 5) is 11.4. The average molecular weight is 258 g/mol. The van der Waals surface area contributed by atoms with Gasteiger partial charge in [-0.3, -0.25) is 4.79 Å². The largest absolute Gasteiger partial charge is 0.544 e. The molecule has 0 saturated carbocycles. The number of rotatable bonds is 7. The minimum absolute atomic E-state index is 0.116. The Balaban J connectivity index is 4.59. The van der Waals surface area contributed by atoms with E-state index in [2.05, 4.69) is 6.58 Å². The quantitative estimate of drug-likeness (QED) is 0.305. The van der Waals surface area contributed by atoms with E-state index in [1.165, 1.54) is 13.4 Å². The van der Waals surface area contributed by atoms with E-state index in [1.807, 2.05) is 19.6 Å². The van der Waals surface area contributed by atoms with E-state index in [0.717, 1.165) is 0 Å². The molecule has 0 aromatic rings. The van der Waals surface area contributed by atoms with Crippen molar-refractivity contribution in [2.45, 2.75) is 33.0 Å². The van der Waals surface area contributed by atoms with Crippen molar-refractivity contribution in [2.75, 3.05) is 13.7 Å². The maximum absolute atomic E-state index is 11.4. The van der Waals surface area contributed by atoms with Gasteiger partial charge in [-0.1, -0.05) is 6.58 Å². The van der Waals surface area contributed by atoms with Crippen molar-refractivity contribution < 1.29 is 18.7 Å². The molecule has 0 aliphatic rings. The third-order valence-corrected chi connectivity index (χ3v) is 2.55. The van der Waals surface area contributed by atoms with Crippen molar-refractivity contribution in [3.63, 3.8) is 0 Å². The number of methoxy groups -OCH3 is 1. The van der Waals surface area contributed by atoms with Gasteiger partial charge in [-0.2, -0.15) is 0 Å². The molecule has 0 unspecified atom stereocenters. The molecular weight excluding hydrogens is 236 g/mol. The molecule has 0 amide bonds. The highest BCUT2D eigenvalue weighted by atomic mass is 28.4. The van der Waals surface area contributed by atoms with Crippen LogP contribution in [0.5, 0.6) is 0 Å². The fourth-order valence-electron chi connectivity index (χ4n) is 1.15. The fraction of sp³-hybridized carbons (Fsp3) is 0.583. The van der Waals surface area contributed by atoms with Crippen LogP contribution in [0.1, 0.15) is 13.3 Å². The maximum atomic E-state index is 11.4. The summed E-state index contributed by atoms with van der Waals surface area (Å²) in [5.74, 6) is 0.176. The third-order valence-electron chi connectivity index (χ3n) is 1.69. The first-order valence-electron chi connectivity index (χ1n) is 5.56. The van der Waals surface area contributed by atoms with Gasteiger partial charge in [0.25, 0.3) is 0 Å². The molecule has 4 nitrogen and oxygen atoms in total. The van der Waals surface area contributed by atoms with Crippen molar-refractivity contribution in [1.82, 2.24) is 0 Å². The average Bonchev–Trinajstić information content (AvgIpc) is 2.14. The van der Waals surface area contributed by atoms with Gasteiger partial charge in [-0.05, 0) is 26.6 Å². The van der Waals surface area contributed by atoms with Crippen LogP contribution in [0.2, 0.25) is 19.6 Å². The number of esters is 1. The van der Waals surface area contributed by atoms with Crippen LogP contribution in [0.4, 0.5) is 0 Å². The van der Waals surface area contributed by atoms with E-state index in [4.69, 9.17) is 13.9 Å². The fourth-order valence-corrected chi connectivity index (χ4v) is 2.02. The molecule has 0 aromatic heterocycles. The zero-order valence-electron chi connectivity index (χ0n) is 11.3. The van der Waals surface area contributed by atoms with Crippen LogP contribution < -0.4 is 0 Å². The Hall–Kier alpha value is -1.23. The van der Waals surface area contributed by atoms with Gasteiger partial charge in [0.2, 0.25) is 8.32 Å². The summed E-state index contributed by atoms with van der Waals surface area (Å²) in [7, 11) is -0.209. The first-order valence-corrected chi connectivity index (χ1v) is 8.96. The lowest BCUT2D eigenvalue weighted by molar-refractivity contribution is -0.142. The van der Waals surface area contributed by atoms with Crippen LogP contribution in [0.3, 0.4) is 0 Å².